The van der Waals surface area contributed by atoms with Crippen LogP contribution in [-0.2, 0) is 6.18 Å². The van der Waals surface area contributed by atoms with Gasteiger partial charge >= 0.3 is 6.18 Å². The van der Waals surface area contributed by atoms with Gasteiger partial charge in [0.1, 0.15) is 11.4 Å². The van der Waals surface area contributed by atoms with Crippen LogP contribution in [0.3, 0.4) is 0 Å². The van der Waals surface area contributed by atoms with Crippen molar-refractivity contribution in [1.29, 1.82) is 0 Å². The fraction of sp³-hybridized carbons (Fsp3) is 0.0909. The summed E-state index contributed by atoms with van der Waals surface area (Å²) in [5.74, 6) is -1.22. The Morgan fingerprint density at radius 3 is 2.70 bits per heavy atom. The third-order valence-corrected chi connectivity index (χ3v) is 3.00. The number of aromatic amines is 2. The molecule has 0 amide bonds. The van der Waals surface area contributed by atoms with E-state index in [4.69, 9.17) is 0 Å². The second-order valence-electron chi connectivity index (χ2n) is 4.43. The summed E-state index contributed by atoms with van der Waals surface area (Å²) >= 11 is 0. The van der Waals surface area contributed by atoms with Crippen molar-refractivity contribution >= 4 is 5.78 Å². The highest BCUT2D eigenvalue weighted by molar-refractivity contribution is 5.75. The molecule has 4 aromatic heterocycles. The van der Waals surface area contributed by atoms with Gasteiger partial charge in [0, 0.05) is 0 Å². The highest BCUT2D eigenvalue weighted by atomic mass is 19.4. The number of rotatable bonds is 2. The van der Waals surface area contributed by atoms with Crippen LogP contribution in [0.5, 0.6) is 0 Å². The van der Waals surface area contributed by atoms with E-state index in [2.05, 4.69) is 35.1 Å². The molecular formula is C11H6F3N9. The predicted octanol–water partition coefficient (Wildman–Crippen LogP) is 1.32. The number of aromatic nitrogens is 9. The lowest BCUT2D eigenvalue weighted by Crippen LogP contribution is -2.07. The number of alkyl halides is 3. The van der Waals surface area contributed by atoms with Crippen LogP contribution in [0.15, 0.2) is 24.9 Å². The average molecular weight is 321 g/mol. The van der Waals surface area contributed by atoms with Gasteiger partial charge in [-0.3, -0.25) is 5.10 Å². The first-order valence-corrected chi connectivity index (χ1v) is 6.22. The third kappa shape index (κ3) is 2.11. The van der Waals surface area contributed by atoms with E-state index in [0.717, 1.165) is 0 Å². The van der Waals surface area contributed by atoms with Gasteiger partial charge in [0.25, 0.3) is 5.78 Å². The molecule has 0 bridgehead atoms. The fourth-order valence-electron chi connectivity index (χ4n) is 2.07. The summed E-state index contributed by atoms with van der Waals surface area (Å²) in [4.78, 5) is 18.4. The summed E-state index contributed by atoms with van der Waals surface area (Å²) in [6.07, 6.45) is 1.13. The molecule has 0 radical (unpaired) electrons. The van der Waals surface area contributed by atoms with Gasteiger partial charge in [0.05, 0.1) is 30.6 Å². The van der Waals surface area contributed by atoms with Gasteiger partial charge in [-0.2, -0.15) is 27.9 Å². The SMILES string of the molecule is FC(F)(F)c1nc(-c2nc3nccnn3c2-c2cnc[nH]2)n[nH]1. The van der Waals surface area contributed by atoms with Crippen molar-refractivity contribution in [1.82, 2.24) is 44.7 Å². The standard InChI is InChI=1S/C11H6F3N9/c12-11(13,14)9-20-8(21-22-9)6-7(5-3-15-4-17-5)23-10(19-6)16-1-2-18-23/h1-4H,(H,15,17)(H,20,21,22). The molecule has 116 valence electrons. The average Bonchev–Trinajstić information content (AvgIpc) is 3.24. The number of halogens is 3. The second kappa shape index (κ2) is 4.59. The van der Waals surface area contributed by atoms with E-state index in [1.165, 1.54) is 29.4 Å². The van der Waals surface area contributed by atoms with Gasteiger partial charge in [0.2, 0.25) is 11.6 Å². The van der Waals surface area contributed by atoms with Crippen LogP contribution in [0, 0.1) is 0 Å². The number of H-pyrrole nitrogens is 2. The van der Waals surface area contributed by atoms with Crippen LogP contribution >= 0.6 is 0 Å². The molecule has 0 unspecified atom stereocenters. The van der Waals surface area contributed by atoms with Gasteiger partial charge in [-0.25, -0.2) is 19.9 Å². The first-order valence-electron chi connectivity index (χ1n) is 6.22. The summed E-state index contributed by atoms with van der Waals surface area (Å²) in [5, 5.41) is 9.55. The fourth-order valence-corrected chi connectivity index (χ4v) is 2.07. The first kappa shape index (κ1) is 13.4. The largest absolute Gasteiger partial charge is 0.451 e. The minimum Gasteiger partial charge on any atom is -0.343 e. The normalized spacial score (nSPS) is 12.1. The molecular weight excluding hydrogens is 315 g/mol. The first-order chi connectivity index (χ1) is 11.0. The lowest BCUT2D eigenvalue weighted by atomic mass is 10.2. The van der Waals surface area contributed by atoms with E-state index in [-0.39, 0.29) is 17.3 Å². The van der Waals surface area contributed by atoms with Crippen molar-refractivity contribution in [2.24, 2.45) is 0 Å². The topological polar surface area (TPSA) is 113 Å². The molecule has 0 saturated carbocycles. The Bertz CT molecular complexity index is 966. The van der Waals surface area contributed by atoms with E-state index in [9.17, 15) is 13.2 Å². The zero-order valence-electron chi connectivity index (χ0n) is 11.1. The summed E-state index contributed by atoms with van der Waals surface area (Å²) < 4.78 is 39.5. The summed E-state index contributed by atoms with van der Waals surface area (Å²) in [6.45, 7) is 0. The zero-order chi connectivity index (χ0) is 16.0. The van der Waals surface area contributed by atoms with Gasteiger partial charge in [0.15, 0.2) is 0 Å². The molecule has 0 aromatic carbocycles. The van der Waals surface area contributed by atoms with Gasteiger partial charge in [-0.1, -0.05) is 0 Å². The molecule has 0 spiro atoms. The Morgan fingerprint density at radius 2 is 2.00 bits per heavy atom. The second-order valence-corrected chi connectivity index (χ2v) is 4.43. The van der Waals surface area contributed by atoms with E-state index in [1.807, 2.05) is 5.10 Å². The highest BCUT2D eigenvalue weighted by Crippen LogP contribution is 2.31. The third-order valence-electron chi connectivity index (χ3n) is 3.00. The summed E-state index contributed by atoms with van der Waals surface area (Å²) in [7, 11) is 0. The molecule has 4 heterocycles. The Morgan fingerprint density at radius 1 is 1.13 bits per heavy atom. The van der Waals surface area contributed by atoms with Gasteiger partial charge < -0.3 is 4.98 Å². The molecule has 2 N–H and O–H groups in total. The Hall–Kier alpha value is -3.31. The summed E-state index contributed by atoms with van der Waals surface area (Å²) in [5.41, 5.74) is 0.955. The monoisotopic (exact) mass is 321 g/mol. The van der Waals surface area contributed by atoms with Crippen LogP contribution in [0.4, 0.5) is 13.2 Å². The van der Waals surface area contributed by atoms with Gasteiger partial charge in [-0.15, -0.1) is 0 Å². The van der Waals surface area contributed by atoms with Crippen molar-refractivity contribution < 1.29 is 13.2 Å². The van der Waals surface area contributed by atoms with E-state index < -0.39 is 12.0 Å². The molecule has 0 fully saturated rings. The number of imidazole rings is 2. The van der Waals surface area contributed by atoms with Crippen molar-refractivity contribution in [3.8, 4) is 22.9 Å². The van der Waals surface area contributed by atoms with Gasteiger partial charge in [-0.05, 0) is 0 Å². The van der Waals surface area contributed by atoms with Crippen LogP contribution in [0.25, 0.3) is 28.7 Å². The lowest BCUT2D eigenvalue weighted by molar-refractivity contribution is -0.144. The Balaban J connectivity index is 1.97. The maximum atomic E-state index is 12.7. The molecule has 23 heavy (non-hydrogen) atoms. The molecule has 0 aliphatic carbocycles. The van der Waals surface area contributed by atoms with Crippen molar-refractivity contribution in [2.75, 3.05) is 0 Å². The maximum absolute atomic E-state index is 12.7. The molecule has 0 atom stereocenters. The minimum atomic E-state index is -4.63. The molecule has 4 rings (SSSR count). The van der Waals surface area contributed by atoms with Crippen molar-refractivity contribution in [2.45, 2.75) is 6.18 Å². The van der Waals surface area contributed by atoms with E-state index in [1.54, 1.807) is 0 Å². The number of nitrogens with one attached hydrogen (secondary N) is 2. The molecule has 0 aliphatic rings. The Labute approximate surface area is 124 Å². The van der Waals surface area contributed by atoms with Crippen LogP contribution in [-0.4, -0.2) is 44.7 Å². The smallest absolute Gasteiger partial charge is 0.343 e. The molecule has 0 aliphatic heterocycles. The minimum absolute atomic E-state index is 0.104. The maximum Gasteiger partial charge on any atom is 0.451 e. The van der Waals surface area contributed by atoms with Crippen LogP contribution in [0.1, 0.15) is 5.82 Å². The highest BCUT2D eigenvalue weighted by Gasteiger charge is 2.36. The number of nitrogens with zero attached hydrogens (tertiary/aromatic N) is 7. The van der Waals surface area contributed by atoms with Crippen LogP contribution < -0.4 is 0 Å². The van der Waals surface area contributed by atoms with Crippen LogP contribution in [0.2, 0.25) is 0 Å². The lowest BCUT2D eigenvalue weighted by Gasteiger charge is -1.99. The summed E-state index contributed by atoms with van der Waals surface area (Å²) in [6, 6.07) is 0. The zero-order valence-corrected chi connectivity index (χ0v) is 11.1. The van der Waals surface area contributed by atoms with E-state index in [0.29, 0.717) is 11.4 Å². The quantitative estimate of drug-likeness (QED) is 0.575. The van der Waals surface area contributed by atoms with Crippen molar-refractivity contribution in [3.63, 3.8) is 0 Å². The molecule has 4 aromatic rings. The Kier molecular flexibility index (Phi) is 2.67. The molecule has 9 nitrogen and oxygen atoms in total. The molecule has 0 saturated heterocycles. The van der Waals surface area contributed by atoms with Crippen molar-refractivity contribution in [3.05, 3.63) is 30.7 Å². The molecule has 12 heteroatoms. The predicted molar refractivity (Wildman–Crippen MR) is 68.7 cm³/mol. The number of fused-ring (bicyclic) bond motifs is 1. The number of hydrogen-bond donors (Lipinski definition) is 2. The number of hydrogen-bond acceptors (Lipinski definition) is 6. The van der Waals surface area contributed by atoms with E-state index >= 15 is 0 Å².